The average Bonchev–Trinajstić information content (AvgIpc) is 4.00. The number of halogens is 2. The maximum Gasteiger partial charge on any atom is 0.311 e. The minimum Gasteiger partial charge on any atom is -0.459 e. The van der Waals surface area contributed by atoms with Gasteiger partial charge in [0.05, 0.1) is 59.5 Å². The number of likely N-dealkylation sites (N-methyl/N-ethyl adjacent to an activating group) is 2. The van der Waals surface area contributed by atoms with Gasteiger partial charge in [0.15, 0.2) is 18.7 Å². The number of benzene rings is 1. The van der Waals surface area contributed by atoms with Gasteiger partial charge in [-0.15, -0.1) is 5.10 Å². The van der Waals surface area contributed by atoms with Crippen LogP contribution in [0, 0.1) is 29.4 Å². The van der Waals surface area contributed by atoms with E-state index >= 15 is 0 Å². The van der Waals surface area contributed by atoms with E-state index in [4.69, 9.17) is 33.3 Å². The molecule has 4 aliphatic rings. The number of oxime groups is 1. The molecule has 74 heavy (non-hydrogen) atoms. The van der Waals surface area contributed by atoms with Gasteiger partial charge in [-0.3, -0.25) is 4.79 Å². The first kappa shape index (κ1) is 59.9. The highest BCUT2D eigenvalue weighted by atomic mass is 19.1. The van der Waals surface area contributed by atoms with E-state index in [0.29, 0.717) is 50.2 Å². The third-order valence-corrected chi connectivity index (χ3v) is 16.2. The van der Waals surface area contributed by atoms with Gasteiger partial charge in [0.25, 0.3) is 0 Å². The number of nitrogens with zero attached hydrogens (tertiary/aromatic N) is 6. The molecule has 0 unspecified atom stereocenters. The van der Waals surface area contributed by atoms with Crippen molar-refractivity contribution in [2.24, 2.45) is 22.9 Å². The van der Waals surface area contributed by atoms with E-state index in [2.05, 4.69) is 20.4 Å². The number of carbonyl (C=O) groups is 1. The lowest BCUT2D eigenvalue weighted by Crippen LogP contribution is -2.60. The van der Waals surface area contributed by atoms with E-state index in [0.717, 1.165) is 24.6 Å². The van der Waals surface area contributed by atoms with E-state index in [1.807, 2.05) is 46.0 Å². The summed E-state index contributed by atoms with van der Waals surface area (Å²) in [6, 6.07) is 2.28. The van der Waals surface area contributed by atoms with Crippen molar-refractivity contribution in [1.29, 1.82) is 0 Å². The first-order valence-electron chi connectivity index (χ1n) is 26.5. The SMILES string of the molecule is CC[C@H]1OC(=O)[C@H](C)[C@@H](O[C@H]2C[C@@](C)(OC)[C@@H](O)[C@H](C)O2)[C@H](C)[C@@H](O[C@@H]2O[C@H](C)C[C@H](N(C)CCCCc3cn(C[C@H]4CC(c5cc(F)cc(F)c5)=NO4)nn3)[C@H]2O)[C@](C)(O)C[C@@H](C)CN(C)[C@H](C)[C@@H](O)[C@]1(C)O. The van der Waals surface area contributed by atoms with Crippen LogP contribution in [-0.4, -0.2) is 193 Å². The number of aliphatic hydroxyl groups is 5. The molecular weight excluding hydrogens is 967 g/mol. The number of hydrogen-bond donors (Lipinski definition) is 5. The monoisotopic (exact) mass is 1050 g/mol. The van der Waals surface area contributed by atoms with Gasteiger partial charge < -0.3 is 68.6 Å². The van der Waals surface area contributed by atoms with Gasteiger partial charge >= 0.3 is 5.97 Å². The highest BCUT2D eigenvalue weighted by molar-refractivity contribution is 6.01. The molecule has 0 amide bonds. The van der Waals surface area contributed by atoms with Crippen molar-refractivity contribution < 1.29 is 72.4 Å². The number of unbranched alkanes of at least 4 members (excludes halogenated alkanes) is 1. The largest absolute Gasteiger partial charge is 0.459 e. The molecule has 5 heterocycles. The van der Waals surface area contributed by atoms with Crippen molar-refractivity contribution in [1.82, 2.24) is 24.8 Å². The van der Waals surface area contributed by atoms with Gasteiger partial charge in [0.2, 0.25) is 0 Å². The molecule has 420 valence electrons. The van der Waals surface area contributed by atoms with Crippen LogP contribution in [0.2, 0.25) is 0 Å². The molecule has 21 heteroatoms. The van der Waals surface area contributed by atoms with Crippen molar-refractivity contribution in [3.63, 3.8) is 0 Å². The van der Waals surface area contributed by atoms with Crippen molar-refractivity contribution >= 4 is 11.7 Å². The predicted octanol–water partition coefficient (Wildman–Crippen LogP) is 4.36. The van der Waals surface area contributed by atoms with Crippen molar-refractivity contribution in [2.75, 3.05) is 34.3 Å². The van der Waals surface area contributed by atoms with Crippen LogP contribution in [0.25, 0.3) is 0 Å². The number of methoxy groups -OCH3 is 1. The number of aryl methyl sites for hydroxylation is 1. The van der Waals surface area contributed by atoms with Gasteiger partial charge in [-0.1, -0.05) is 31.1 Å². The molecule has 0 bridgehead atoms. The van der Waals surface area contributed by atoms with E-state index < -0.39 is 114 Å². The zero-order valence-corrected chi connectivity index (χ0v) is 45.8. The Morgan fingerprint density at radius 1 is 0.946 bits per heavy atom. The highest BCUT2D eigenvalue weighted by Gasteiger charge is 2.53. The molecular formula is C53H86F2N6O13. The third kappa shape index (κ3) is 14.2. The molecule has 6 rings (SSSR count). The second-order valence-electron chi connectivity index (χ2n) is 22.7. The summed E-state index contributed by atoms with van der Waals surface area (Å²) in [7, 11) is 5.28. The van der Waals surface area contributed by atoms with Gasteiger partial charge in [0.1, 0.15) is 41.7 Å². The molecule has 1 aromatic heterocycles. The molecule has 2 aromatic rings. The van der Waals surface area contributed by atoms with Gasteiger partial charge in [-0.05, 0) is 126 Å². The van der Waals surface area contributed by atoms with Gasteiger partial charge in [-0.25, -0.2) is 13.5 Å². The number of hydrogen-bond acceptors (Lipinski definition) is 18. The Hall–Kier alpha value is -3.32. The minimum atomic E-state index is -1.85. The van der Waals surface area contributed by atoms with Crippen LogP contribution in [0.15, 0.2) is 29.6 Å². The lowest BCUT2D eigenvalue weighted by atomic mass is 9.77. The molecule has 3 fully saturated rings. The standard InChI is InChI=1S/C53H86F2N6O13/c1-14-42-53(10,67)46(63)33(6)60(12)26-29(2)24-51(8,66)48(31(4)45(32(5)49(65)71-42)72-43-25-52(9,68-13)47(64)34(7)70-43)73-50-44(62)41(19-30(3)69-50)59(11)18-16-15-17-38-27-61(58-56-38)28-39-23-40(57-74-39)35-20-36(54)22-37(55)21-35/h20-22,27,29-34,39,41-48,50,62-64,66-67H,14-19,23-26,28H2,1-13H3/t29-,30-,31+,32-,33-,34+,39-,41+,42-,43+,44-,45+,46-,47+,48-,50+,51-,52-,53-/m1/s1. The van der Waals surface area contributed by atoms with Crippen LogP contribution in [0.1, 0.15) is 125 Å². The maximum absolute atomic E-state index is 14.5. The Bertz CT molecular complexity index is 2150. The predicted molar refractivity (Wildman–Crippen MR) is 268 cm³/mol. The molecule has 0 spiro atoms. The third-order valence-electron chi connectivity index (χ3n) is 16.2. The second-order valence-corrected chi connectivity index (χ2v) is 22.7. The average molecular weight is 1050 g/mol. The quantitative estimate of drug-likeness (QED) is 0.123. The first-order chi connectivity index (χ1) is 34.7. The fourth-order valence-corrected chi connectivity index (χ4v) is 11.7. The first-order valence-corrected chi connectivity index (χ1v) is 26.5. The molecule has 0 radical (unpaired) electrons. The molecule has 3 saturated heterocycles. The highest BCUT2D eigenvalue weighted by Crippen LogP contribution is 2.40. The number of aromatic nitrogens is 3. The Morgan fingerprint density at radius 2 is 1.64 bits per heavy atom. The smallest absolute Gasteiger partial charge is 0.311 e. The maximum atomic E-state index is 14.5. The van der Waals surface area contributed by atoms with Crippen LogP contribution in [0.3, 0.4) is 0 Å². The Balaban J connectivity index is 1.17. The van der Waals surface area contributed by atoms with Crippen molar-refractivity contribution in [3.8, 4) is 0 Å². The second kappa shape index (κ2) is 25.0. The molecule has 4 aliphatic heterocycles. The van der Waals surface area contributed by atoms with E-state index in [1.165, 1.54) is 26.2 Å². The molecule has 5 N–H and O–H groups in total. The number of aliphatic hydroxyl groups excluding tert-OH is 3. The summed E-state index contributed by atoms with van der Waals surface area (Å²) in [5, 5.41) is 72.3. The number of esters is 1. The summed E-state index contributed by atoms with van der Waals surface area (Å²) in [6.45, 7) is 18.9. The lowest BCUT2D eigenvalue weighted by Gasteiger charge is -2.49. The lowest BCUT2D eigenvalue weighted by molar-refractivity contribution is -0.318. The van der Waals surface area contributed by atoms with Crippen molar-refractivity contribution in [3.05, 3.63) is 47.3 Å². The number of rotatable bonds is 15. The van der Waals surface area contributed by atoms with Crippen molar-refractivity contribution in [2.45, 2.75) is 224 Å². The van der Waals surface area contributed by atoms with E-state index in [-0.39, 0.29) is 37.4 Å². The van der Waals surface area contributed by atoms with Crippen LogP contribution in [0.4, 0.5) is 8.78 Å². The molecule has 19 atom stereocenters. The summed E-state index contributed by atoms with van der Waals surface area (Å²) in [6.07, 6.45) is -5.09. The molecule has 1 aromatic carbocycles. The summed E-state index contributed by atoms with van der Waals surface area (Å²) >= 11 is 0. The zero-order chi connectivity index (χ0) is 54.6. The fourth-order valence-electron chi connectivity index (χ4n) is 11.7. The molecule has 0 saturated carbocycles. The molecule has 19 nitrogen and oxygen atoms in total. The van der Waals surface area contributed by atoms with Crippen LogP contribution >= 0.6 is 0 Å². The van der Waals surface area contributed by atoms with E-state index in [1.54, 1.807) is 46.2 Å². The number of cyclic esters (lactones) is 1. The van der Waals surface area contributed by atoms with Gasteiger partial charge in [0, 0.05) is 62.3 Å². The summed E-state index contributed by atoms with van der Waals surface area (Å²) in [5.41, 5.74) is -2.97. The Kier molecular flexibility index (Phi) is 20.2. The van der Waals surface area contributed by atoms with Crippen LogP contribution in [0.5, 0.6) is 0 Å². The summed E-state index contributed by atoms with van der Waals surface area (Å²) in [4.78, 5) is 24.0. The van der Waals surface area contributed by atoms with E-state index in [9.17, 15) is 39.1 Å². The zero-order valence-electron chi connectivity index (χ0n) is 45.8. The van der Waals surface area contributed by atoms with Gasteiger partial charge in [-0.2, -0.15) is 0 Å². The number of carbonyl (C=O) groups excluding carboxylic acids is 1. The summed E-state index contributed by atoms with van der Waals surface area (Å²) < 4.78 is 67.6. The summed E-state index contributed by atoms with van der Waals surface area (Å²) in [5.74, 6) is -4.18. The normalized spacial score (nSPS) is 40.3. The topological polar surface area (TPSA) is 232 Å². The van der Waals surface area contributed by atoms with Crippen LogP contribution < -0.4 is 0 Å². The minimum absolute atomic E-state index is 0.0927. The molecule has 0 aliphatic carbocycles. The fraction of sp³-hybridized carbons (Fsp3) is 0.811. The Morgan fingerprint density at radius 3 is 2.30 bits per heavy atom. The van der Waals surface area contributed by atoms with Crippen LogP contribution in [-0.2, 0) is 51.0 Å². The number of ether oxygens (including phenoxy) is 6. The Labute approximate surface area is 435 Å².